The van der Waals surface area contributed by atoms with Crippen LogP contribution in [0, 0.1) is 0 Å². The molecule has 11 heavy (non-hydrogen) atoms. The number of oxime groups is 1. The first-order chi connectivity index (χ1) is 5.04. The predicted octanol–water partition coefficient (Wildman–Crippen LogP) is -0.189. The molecule has 0 aliphatic heterocycles. The van der Waals surface area contributed by atoms with E-state index in [0.717, 1.165) is 5.71 Å². The summed E-state index contributed by atoms with van der Waals surface area (Å²) in [6.07, 6.45) is 0. The van der Waals surface area contributed by atoms with Crippen LogP contribution >= 0.6 is 0 Å². The Morgan fingerprint density at radius 1 is 1.73 bits per heavy atom. The minimum atomic E-state index is -1.09. The third kappa shape index (κ3) is 5.35. The molecule has 0 radical (unpaired) electrons. The number of nitrogens with zero attached hydrogens (tertiary/aromatic N) is 1. The predicted molar refractivity (Wildman–Crippen MR) is 40.3 cm³/mol. The maximum Gasteiger partial charge on any atom is 0.324 e. The van der Waals surface area contributed by atoms with Crippen molar-refractivity contribution < 1.29 is 14.7 Å². The van der Waals surface area contributed by atoms with Crippen molar-refractivity contribution in [2.24, 2.45) is 10.9 Å². The second-order valence-electron chi connectivity index (χ2n) is 2.28. The highest BCUT2D eigenvalue weighted by Gasteiger charge is 2.10. The van der Waals surface area contributed by atoms with Crippen molar-refractivity contribution in [2.75, 3.05) is 6.61 Å². The average molecular weight is 160 g/mol. The summed E-state index contributed by atoms with van der Waals surface area (Å²) in [6.45, 7) is 3.39. The van der Waals surface area contributed by atoms with Crippen LogP contribution in [0.3, 0.4) is 0 Å². The van der Waals surface area contributed by atoms with E-state index in [2.05, 4.69) is 9.99 Å². The number of carbonyl (C=O) groups is 1. The Bertz CT molecular complexity index is 163. The molecule has 0 aromatic carbocycles. The highest BCUT2D eigenvalue weighted by molar-refractivity contribution is 5.78. The van der Waals surface area contributed by atoms with Gasteiger partial charge in [-0.2, -0.15) is 0 Å². The summed E-state index contributed by atoms with van der Waals surface area (Å²) in [5, 5.41) is 11.8. The average Bonchev–Trinajstić information content (AvgIpc) is 1.86. The van der Waals surface area contributed by atoms with Crippen molar-refractivity contribution in [2.45, 2.75) is 19.9 Å². The molecule has 0 saturated carbocycles. The molecule has 0 bridgehead atoms. The second kappa shape index (κ2) is 4.68. The Morgan fingerprint density at radius 2 is 2.27 bits per heavy atom. The topological polar surface area (TPSA) is 84.9 Å². The summed E-state index contributed by atoms with van der Waals surface area (Å²) >= 11 is 0. The van der Waals surface area contributed by atoms with Gasteiger partial charge in [-0.3, -0.25) is 4.79 Å². The van der Waals surface area contributed by atoms with Crippen LogP contribution in [0.2, 0.25) is 0 Å². The molecule has 0 saturated heterocycles. The number of carboxylic acid groups (broad SMARTS) is 1. The van der Waals surface area contributed by atoms with Gasteiger partial charge in [0.25, 0.3) is 0 Å². The molecule has 3 N–H and O–H groups in total. The van der Waals surface area contributed by atoms with E-state index < -0.39 is 12.0 Å². The maximum atomic E-state index is 10.1. The van der Waals surface area contributed by atoms with E-state index in [0.29, 0.717) is 0 Å². The number of hydrogen-bond acceptors (Lipinski definition) is 4. The lowest BCUT2D eigenvalue weighted by Gasteiger charge is -2.03. The van der Waals surface area contributed by atoms with Gasteiger partial charge in [-0.15, -0.1) is 0 Å². The van der Waals surface area contributed by atoms with Crippen LogP contribution in [0.5, 0.6) is 0 Å². The van der Waals surface area contributed by atoms with E-state index in [1.165, 1.54) is 0 Å². The summed E-state index contributed by atoms with van der Waals surface area (Å²) < 4.78 is 0. The van der Waals surface area contributed by atoms with Gasteiger partial charge in [-0.05, 0) is 13.8 Å². The molecule has 0 aliphatic carbocycles. The first kappa shape index (κ1) is 9.90. The van der Waals surface area contributed by atoms with Gasteiger partial charge in [0, 0.05) is 0 Å². The van der Waals surface area contributed by atoms with Gasteiger partial charge >= 0.3 is 5.97 Å². The highest BCUT2D eigenvalue weighted by Crippen LogP contribution is 1.84. The number of hydrogen-bond donors (Lipinski definition) is 2. The van der Waals surface area contributed by atoms with Crippen molar-refractivity contribution >= 4 is 11.7 Å². The third-order valence-corrected chi connectivity index (χ3v) is 0.818. The molecule has 0 amide bonds. The number of rotatable bonds is 4. The summed E-state index contributed by atoms with van der Waals surface area (Å²) in [5.74, 6) is -1.09. The van der Waals surface area contributed by atoms with Crippen LogP contribution in [-0.4, -0.2) is 29.4 Å². The lowest BCUT2D eigenvalue weighted by atomic mass is 10.3. The fourth-order valence-corrected chi connectivity index (χ4v) is 0.318. The molecule has 0 aromatic rings. The zero-order valence-corrected chi connectivity index (χ0v) is 6.57. The SMILES string of the molecule is CC(C)=NOCC(N)C(=O)O. The first-order valence-corrected chi connectivity index (χ1v) is 3.15. The monoisotopic (exact) mass is 160 g/mol. The van der Waals surface area contributed by atoms with E-state index in [1.807, 2.05) is 0 Å². The molecular weight excluding hydrogens is 148 g/mol. The third-order valence-electron chi connectivity index (χ3n) is 0.818. The molecule has 1 atom stereocenters. The van der Waals surface area contributed by atoms with Crippen molar-refractivity contribution in [3.63, 3.8) is 0 Å². The number of nitrogens with two attached hydrogens (primary N) is 1. The molecule has 0 rings (SSSR count). The zero-order chi connectivity index (χ0) is 8.85. The summed E-state index contributed by atoms with van der Waals surface area (Å²) in [7, 11) is 0. The van der Waals surface area contributed by atoms with Gasteiger partial charge in [-0.1, -0.05) is 5.16 Å². The van der Waals surface area contributed by atoms with Gasteiger partial charge in [0.15, 0.2) is 0 Å². The van der Waals surface area contributed by atoms with E-state index >= 15 is 0 Å². The van der Waals surface area contributed by atoms with Crippen molar-refractivity contribution in [1.29, 1.82) is 0 Å². The lowest BCUT2D eigenvalue weighted by molar-refractivity contribution is -0.140. The largest absolute Gasteiger partial charge is 0.480 e. The van der Waals surface area contributed by atoms with Gasteiger partial charge in [0.1, 0.15) is 12.6 Å². The molecule has 64 valence electrons. The van der Waals surface area contributed by atoms with Gasteiger partial charge in [0.05, 0.1) is 5.71 Å². The Labute approximate surface area is 64.8 Å². The van der Waals surface area contributed by atoms with Gasteiger partial charge in [0.2, 0.25) is 0 Å². The minimum absolute atomic E-state index is 0.0967. The molecule has 1 unspecified atom stereocenters. The maximum absolute atomic E-state index is 10.1. The van der Waals surface area contributed by atoms with Crippen molar-refractivity contribution in [3.8, 4) is 0 Å². The Hall–Kier alpha value is -1.10. The second-order valence-corrected chi connectivity index (χ2v) is 2.28. The van der Waals surface area contributed by atoms with Crippen LogP contribution < -0.4 is 5.73 Å². The van der Waals surface area contributed by atoms with E-state index in [-0.39, 0.29) is 6.61 Å². The van der Waals surface area contributed by atoms with Crippen LogP contribution in [0.1, 0.15) is 13.8 Å². The fraction of sp³-hybridized carbons (Fsp3) is 0.667. The van der Waals surface area contributed by atoms with Crippen molar-refractivity contribution in [1.82, 2.24) is 0 Å². The number of aliphatic carboxylic acids is 1. The highest BCUT2D eigenvalue weighted by atomic mass is 16.6. The molecule has 0 aliphatic rings. The summed E-state index contributed by atoms with van der Waals surface area (Å²) in [6, 6.07) is -1.00. The van der Waals surface area contributed by atoms with Crippen LogP contribution in [0.25, 0.3) is 0 Å². The minimum Gasteiger partial charge on any atom is -0.480 e. The van der Waals surface area contributed by atoms with E-state index in [9.17, 15) is 4.79 Å². The Kier molecular flexibility index (Phi) is 4.21. The van der Waals surface area contributed by atoms with E-state index in [4.69, 9.17) is 10.8 Å². The van der Waals surface area contributed by atoms with Gasteiger partial charge < -0.3 is 15.7 Å². The summed E-state index contributed by atoms with van der Waals surface area (Å²) in [5.41, 5.74) is 5.83. The zero-order valence-electron chi connectivity index (χ0n) is 6.57. The van der Waals surface area contributed by atoms with E-state index in [1.54, 1.807) is 13.8 Å². The van der Waals surface area contributed by atoms with Crippen molar-refractivity contribution in [3.05, 3.63) is 0 Å². The molecule has 0 fully saturated rings. The number of carboxylic acids is 1. The van der Waals surface area contributed by atoms with Crippen LogP contribution in [-0.2, 0) is 9.63 Å². The molecule has 0 aromatic heterocycles. The lowest BCUT2D eigenvalue weighted by Crippen LogP contribution is -2.34. The fourth-order valence-electron chi connectivity index (χ4n) is 0.318. The van der Waals surface area contributed by atoms with Crippen LogP contribution in [0.15, 0.2) is 5.16 Å². The molecular formula is C6H12N2O3. The molecule has 0 heterocycles. The quantitative estimate of drug-likeness (QED) is 0.441. The first-order valence-electron chi connectivity index (χ1n) is 3.15. The standard InChI is InChI=1S/C6H12N2O3/c1-4(2)8-11-3-5(7)6(9)10/h5H,3,7H2,1-2H3,(H,9,10). The smallest absolute Gasteiger partial charge is 0.324 e. The Morgan fingerprint density at radius 3 is 2.64 bits per heavy atom. The molecule has 0 spiro atoms. The normalized spacial score (nSPS) is 11.9. The van der Waals surface area contributed by atoms with Crippen LogP contribution in [0.4, 0.5) is 0 Å². The molecule has 5 nitrogen and oxygen atoms in total. The summed E-state index contributed by atoms with van der Waals surface area (Å²) in [4.78, 5) is 14.7. The van der Waals surface area contributed by atoms with Gasteiger partial charge in [-0.25, -0.2) is 0 Å². The molecule has 5 heteroatoms. The Balaban J connectivity index is 3.55.